The lowest BCUT2D eigenvalue weighted by atomic mass is 10.3. The zero-order valence-electron chi connectivity index (χ0n) is 8.33. The van der Waals surface area contributed by atoms with Crippen molar-refractivity contribution in [3.8, 4) is 0 Å². The number of nitrogens with zero attached hydrogens (tertiary/aromatic N) is 2. The molecule has 0 aromatic carbocycles. The quantitative estimate of drug-likeness (QED) is 0.730. The van der Waals surface area contributed by atoms with Crippen molar-refractivity contribution in [1.82, 2.24) is 9.97 Å². The lowest BCUT2D eigenvalue weighted by Gasteiger charge is -2.09. The molecule has 0 amide bonds. The van der Waals surface area contributed by atoms with E-state index in [2.05, 4.69) is 15.3 Å². The molecule has 0 aliphatic carbocycles. The zero-order chi connectivity index (χ0) is 9.84. The van der Waals surface area contributed by atoms with Crippen molar-refractivity contribution in [2.45, 2.75) is 33.4 Å². The summed E-state index contributed by atoms with van der Waals surface area (Å²) in [6, 6.07) is 2.23. The van der Waals surface area contributed by atoms with E-state index in [9.17, 15) is 0 Å². The van der Waals surface area contributed by atoms with E-state index in [-0.39, 0.29) is 0 Å². The van der Waals surface area contributed by atoms with Gasteiger partial charge in [-0.15, -0.1) is 0 Å². The molecule has 0 unspecified atom stereocenters. The lowest BCUT2D eigenvalue weighted by Crippen LogP contribution is -2.14. The van der Waals surface area contributed by atoms with E-state index < -0.39 is 0 Å². The second-order valence-corrected chi connectivity index (χ2v) is 3.33. The number of aryl methyl sites for hydroxylation is 1. The number of hydrogen-bond donors (Lipinski definition) is 2. The van der Waals surface area contributed by atoms with Crippen LogP contribution in [-0.2, 0) is 6.54 Å². The van der Waals surface area contributed by atoms with Crippen LogP contribution in [0.3, 0.4) is 0 Å². The Kier molecular flexibility index (Phi) is 3.19. The van der Waals surface area contributed by atoms with E-state index in [1.54, 1.807) is 0 Å². The Labute approximate surface area is 78.6 Å². The summed E-state index contributed by atoms with van der Waals surface area (Å²) in [6.45, 7) is 6.49. The highest BCUT2D eigenvalue weighted by Crippen LogP contribution is 2.05. The SMILES string of the molecule is Cc1cc(CN)nc(NC(C)C)n1. The molecule has 0 atom stereocenters. The topological polar surface area (TPSA) is 63.8 Å². The lowest BCUT2D eigenvalue weighted by molar-refractivity contribution is 0.855. The molecule has 1 heterocycles. The third kappa shape index (κ3) is 2.99. The van der Waals surface area contributed by atoms with Crippen LogP contribution in [-0.4, -0.2) is 16.0 Å². The Balaban J connectivity index is 2.88. The van der Waals surface area contributed by atoms with Crippen LogP contribution in [0.4, 0.5) is 5.95 Å². The Hall–Kier alpha value is -1.16. The Bertz CT molecular complexity index is 283. The summed E-state index contributed by atoms with van der Waals surface area (Å²) in [5.74, 6) is 0.662. The van der Waals surface area contributed by atoms with Crippen LogP contribution in [0.5, 0.6) is 0 Å². The molecule has 0 aliphatic heterocycles. The molecule has 0 aliphatic rings. The predicted octanol–water partition coefficient (Wildman–Crippen LogP) is 1.06. The molecule has 1 aromatic rings. The van der Waals surface area contributed by atoms with Gasteiger partial charge in [0.15, 0.2) is 0 Å². The molecule has 1 rings (SSSR count). The first-order chi connectivity index (χ1) is 6.11. The maximum Gasteiger partial charge on any atom is 0.223 e. The number of anilines is 1. The summed E-state index contributed by atoms with van der Waals surface area (Å²) in [6.07, 6.45) is 0. The van der Waals surface area contributed by atoms with Crippen molar-refractivity contribution in [2.75, 3.05) is 5.32 Å². The number of hydrogen-bond acceptors (Lipinski definition) is 4. The standard InChI is InChI=1S/C9H16N4/c1-6(2)11-9-12-7(3)4-8(5-10)13-9/h4,6H,5,10H2,1-3H3,(H,11,12,13). The monoisotopic (exact) mass is 180 g/mol. The molecule has 4 nitrogen and oxygen atoms in total. The highest BCUT2D eigenvalue weighted by Gasteiger charge is 2.01. The smallest absolute Gasteiger partial charge is 0.223 e. The maximum atomic E-state index is 5.50. The molecule has 3 N–H and O–H groups in total. The minimum absolute atomic E-state index is 0.340. The fourth-order valence-corrected chi connectivity index (χ4v) is 1.06. The number of aromatic nitrogens is 2. The number of nitrogens with two attached hydrogens (primary N) is 1. The predicted molar refractivity (Wildman–Crippen MR) is 53.4 cm³/mol. The van der Waals surface area contributed by atoms with Crippen molar-refractivity contribution >= 4 is 5.95 Å². The van der Waals surface area contributed by atoms with Crippen LogP contribution in [0.15, 0.2) is 6.07 Å². The first-order valence-electron chi connectivity index (χ1n) is 4.43. The summed E-state index contributed by atoms with van der Waals surface area (Å²) in [5.41, 5.74) is 7.31. The fraction of sp³-hybridized carbons (Fsp3) is 0.556. The second-order valence-electron chi connectivity index (χ2n) is 3.33. The summed E-state index contributed by atoms with van der Waals surface area (Å²) in [4.78, 5) is 8.49. The minimum atomic E-state index is 0.340. The zero-order valence-corrected chi connectivity index (χ0v) is 8.33. The van der Waals surface area contributed by atoms with E-state index in [1.807, 2.05) is 26.8 Å². The van der Waals surface area contributed by atoms with Crippen molar-refractivity contribution in [3.63, 3.8) is 0 Å². The van der Waals surface area contributed by atoms with E-state index in [0.717, 1.165) is 11.4 Å². The Morgan fingerprint density at radius 2 is 2.15 bits per heavy atom. The van der Waals surface area contributed by atoms with Crippen LogP contribution in [0.2, 0.25) is 0 Å². The molecule has 0 radical (unpaired) electrons. The van der Waals surface area contributed by atoms with Crippen molar-refractivity contribution in [3.05, 3.63) is 17.5 Å². The molecule has 0 spiro atoms. The van der Waals surface area contributed by atoms with Gasteiger partial charge in [0.1, 0.15) is 0 Å². The average Bonchev–Trinajstić information content (AvgIpc) is 2.01. The Morgan fingerprint density at radius 1 is 1.46 bits per heavy atom. The summed E-state index contributed by atoms with van der Waals surface area (Å²) >= 11 is 0. The van der Waals surface area contributed by atoms with Crippen LogP contribution in [0.1, 0.15) is 25.2 Å². The van der Waals surface area contributed by atoms with Crippen molar-refractivity contribution in [1.29, 1.82) is 0 Å². The summed E-state index contributed by atoms with van der Waals surface area (Å²) < 4.78 is 0. The van der Waals surface area contributed by atoms with Gasteiger partial charge in [-0.3, -0.25) is 0 Å². The summed E-state index contributed by atoms with van der Waals surface area (Å²) in [7, 11) is 0. The van der Waals surface area contributed by atoms with Gasteiger partial charge in [-0.1, -0.05) is 0 Å². The largest absolute Gasteiger partial charge is 0.352 e. The molecule has 1 aromatic heterocycles. The fourth-order valence-electron chi connectivity index (χ4n) is 1.06. The van der Waals surface area contributed by atoms with Gasteiger partial charge < -0.3 is 11.1 Å². The van der Waals surface area contributed by atoms with Gasteiger partial charge in [0.05, 0.1) is 5.69 Å². The molecule has 4 heteroatoms. The summed E-state index contributed by atoms with van der Waals surface area (Å²) in [5, 5.41) is 3.14. The molecule has 13 heavy (non-hydrogen) atoms. The highest BCUT2D eigenvalue weighted by molar-refractivity contribution is 5.28. The molecular formula is C9H16N4. The average molecular weight is 180 g/mol. The Morgan fingerprint density at radius 3 is 2.69 bits per heavy atom. The van der Waals surface area contributed by atoms with Gasteiger partial charge in [0.25, 0.3) is 0 Å². The van der Waals surface area contributed by atoms with Crippen LogP contribution in [0, 0.1) is 6.92 Å². The molecule has 0 saturated heterocycles. The number of rotatable bonds is 3. The van der Waals surface area contributed by atoms with Gasteiger partial charge in [0, 0.05) is 18.3 Å². The third-order valence-electron chi connectivity index (χ3n) is 1.53. The van der Waals surface area contributed by atoms with Gasteiger partial charge in [-0.2, -0.15) is 0 Å². The van der Waals surface area contributed by atoms with Crippen molar-refractivity contribution in [2.24, 2.45) is 5.73 Å². The molecule has 0 bridgehead atoms. The molecule has 72 valence electrons. The van der Waals surface area contributed by atoms with E-state index in [4.69, 9.17) is 5.73 Å². The first-order valence-corrected chi connectivity index (χ1v) is 4.43. The molecular weight excluding hydrogens is 164 g/mol. The van der Waals surface area contributed by atoms with Gasteiger partial charge in [0.2, 0.25) is 5.95 Å². The van der Waals surface area contributed by atoms with E-state index in [1.165, 1.54) is 0 Å². The van der Waals surface area contributed by atoms with Crippen LogP contribution in [0.25, 0.3) is 0 Å². The first kappa shape index (κ1) is 9.92. The van der Waals surface area contributed by atoms with Crippen molar-refractivity contribution < 1.29 is 0 Å². The van der Waals surface area contributed by atoms with Gasteiger partial charge in [-0.05, 0) is 26.8 Å². The minimum Gasteiger partial charge on any atom is -0.352 e. The van der Waals surface area contributed by atoms with Gasteiger partial charge in [-0.25, -0.2) is 9.97 Å². The van der Waals surface area contributed by atoms with E-state index >= 15 is 0 Å². The normalized spacial score (nSPS) is 10.5. The van der Waals surface area contributed by atoms with Crippen LogP contribution < -0.4 is 11.1 Å². The molecule has 0 fully saturated rings. The van der Waals surface area contributed by atoms with Crippen LogP contribution >= 0.6 is 0 Å². The van der Waals surface area contributed by atoms with E-state index in [0.29, 0.717) is 18.5 Å². The second kappa shape index (κ2) is 4.18. The number of nitrogens with one attached hydrogen (secondary N) is 1. The molecule has 0 saturated carbocycles. The highest BCUT2D eigenvalue weighted by atomic mass is 15.1. The van der Waals surface area contributed by atoms with Gasteiger partial charge >= 0.3 is 0 Å². The third-order valence-corrected chi connectivity index (χ3v) is 1.53. The maximum absolute atomic E-state index is 5.50.